The first-order valence-corrected chi connectivity index (χ1v) is 5.56. The summed E-state index contributed by atoms with van der Waals surface area (Å²) in [7, 11) is -9.55. The molecule has 0 heterocycles. The van der Waals surface area contributed by atoms with E-state index in [1.165, 1.54) is 0 Å². The molecule has 0 amide bonds. The van der Waals surface area contributed by atoms with Crippen molar-refractivity contribution in [3.63, 3.8) is 0 Å². The minimum atomic E-state index is -4.77. The fourth-order valence-electron chi connectivity index (χ4n) is 0.402. The van der Waals surface area contributed by atoms with Crippen LogP contribution in [0.5, 0.6) is 0 Å². The molecule has 8 nitrogen and oxygen atoms in total. The fourth-order valence-corrected chi connectivity index (χ4v) is 1.43. The number of rotatable bonds is 4. The van der Waals surface area contributed by atoms with E-state index in [9.17, 15) is 25.9 Å². The van der Waals surface area contributed by atoms with Gasteiger partial charge in [-0.15, -0.1) is 0 Å². The SMILES string of the molecule is O=S(=O)([O-])CN(O)CS(=O)(=O)[O-].[Na+].[Na+]. The Morgan fingerprint density at radius 3 is 1.29 bits per heavy atom. The van der Waals surface area contributed by atoms with Crippen LogP contribution in [-0.2, 0) is 20.2 Å². The van der Waals surface area contributed by atoms with Crippen LogP contribution in [0.4, 0.5) is 0 Å². The molecule has 0 unspecified atom stereocenters. The topological polar surface area (TPSA) is 138 Å². The monoisotopic (exact) mass is 265 g/mol. The number of hydroxylamine groups is 2. The van der Waals surface area contributed by atoms with Gasteiger partial charge in [-0.2, -0.15) is 5.06 Å². The van der Waals surface area contributed by atoms with E-state index in [0.29, 0.717) is 0 Å². The Balaban J connectivity index is -0.000000605. The van der Waals surface area contributed by atoms with Crippen LogP contribution in [0.2, 0.25) is 0 Å². The molecule has 1 N–H and O–H groups in total. The quantitative estimate of drug-likeness (QED) is 0.300. The molecule has 0 bridgehead atoms. The molecule has 0 aliphatic rings. The van der Waals surface area contributed by atoms with Gasteiger partial charge in [0.1, 0.15) is 32.0 Å². The minimum absolute atomic E-state index is 0. The summed E-state index contributed by atoms with van der Waals surface area (Å²) >= 11 is 0. The molecule has 0 aliphatic carbocycles. The molecule has 0 radical (unpaired) electrons. The van der Waals surface area contributed by atoms with Gasteiger partial charge in [-0.1, -0.05) is 0 Å². The standard InChI is InChI=1S/C2H7NO7S2.2Na/c4-3(1-11(5,6)7)2-12(8,9)10;;/h4H,1-2H2,(H,5,6,7)(H,8,9,10);;/q;2*+1/p-2. The molecule has 14 heavy (non-hydrogen) atoms. The van der Waals surface area contributed by atoms with E-state index in [1.54, 1.807) is 0 Å². The summed E-state index contributed by atoms with van der Waals surface area (Å²) in [5.41, 5.74) is 0. The maximum absolute atomic E-state index is 9.87. The molecule has 0 rings (SSSR count). The van der Waals surface area contributed by atoms with Crippen molar-refractivity contribution in [3.05, 3.63) is 0 Å². The van der Waals surface area contributed by atoms with Crippen LogP contribution in [0.3, 0.4) is 0 Å². The van der Waals surface area contributed by atoms with Gasteiger partial charge in [0, 0.05) is 0 Å². The largest absolute Gasteiger partial charge is 1.00 e. The number of hydrogen-bond donors (Lipinski definition) is 1. The van der Waals surface area contributed by atoms with Crippen LogP contribution in [0.1, 0.15) is 0 Å². The normalized spacial score (nSPS) is 11.7. The van der Waals surface area contributed by atoms with Crippen LogP contribution in [0.25, 0.3) is 0 Å². The van der Waals surface area contributed by atoms with Gasteiger partial charge >= 0.3 is 59.1 Å². The van der Waals surface area contributed by atoms with Gasteiger partial charge in [0.05, 0.1) is 0 Å². The third-order valence-corrected chi connectivity index (χ3v) is 1.84. The Kier molecular flexibility index (Phi) is 11.9. The summed E-state index contributed by atoms with van der Waals surface area (Å²) in [6.07, 6.45) is 0. The van der Waals surface area contributed by atoms with Crippen molar-refractivity contribution in [2.24, 2.45) is 0 Å². The summed E-state index contributed by atoms with van der Waals surface area (Å²) < 4.78 is 59.2. The van der Waals surface area contributed by atoms with E-state index < -0.39 is 32.0 Å². The van der Waals surface area contributed by atoms with Crippen molar-refractivity contribution in [1.29, 1.82) is 0 Å². The molecule has 74 valence electrons. The number of nitrogens with zero attached hydrogens (tertiary/aromatic N) is 1. The molecule has 0 aromatic carbocycles. The molecule has 0 aromatic heterocycles. The zero-order valence-corrected chi connectivity index (χ0v) is 13.2. The predicted octanol–water partition coefficient (Wildman–Crippen LogP) is -8.31. The average molecular weight is 265 g/mol. The van der Waals surface area contributed by atoms with Crippen molar-refractivity contribution < 1.29 is 90.3 Å². The minimum Gasteiger partial charge on any atom is -0.747 e. The molecule has 12 heteroatoms. The van der Waals surface area contributed by atoms with Crippen molar-refractivity contribution in [2.75, 3.05) is 11.8 Å². The number of hydrogen-bond acceptors (Lipinski definition) is 8. The summed E-state index contributed by atoms with van der Waals surface area (Å²) in [6.45, 7) is 0. The first-order valence-electron chi connectivity index (χ1n) is 2.41. The molecule has 0 aromatic rings. The Morgan fingerprint density at radius 1 is 0.929 bits per heavy atom. The van der Waals surface area contributed by atoms with E-state index in [2.05, 4.69) is 0 Å². The maximum Gasteiger partial charge on any atom is 1.00 e. The van der Waals surface area contributed by atoms with Crippen LogP contribution in [-0.4, -0.2) is 48.0 Å². The molecule has 0 aliphatic heterocycles. The molecule has 0 atom stereocenters. The molecule has 0 fully saturated rings. The van der Waals surface area contributed by atoms with E-state index in [1.807, 2.05) is 0 Å². The Labute approximate surface area is 126 Å². The van der Waals surface area contributed by atoms with Crippen LogP contribution < -0.4 is 59.1 Å². The summed E-state index contributed by atoms with van der Waals surface area (Å²) in [5.74, 6) is -2.87. The van der Waals surface area contributed by atoms with E-state index in [-0.39, 0.29) is 64.2 Å². The Morgan fingerprint density at radius 2 is 1.14 bits per heavy atom. The first-order chi connectivity index (χ1) is 5.10. The summed E-state index contributed by atoms with van der Waals surface area (Å²) in [4.78, 5) is 0. The average Bonchev–Trinajstić information content (AvgIpc) is 1.49. The second kappa shape index (κ2) is 7.92. The third kappa shape index (κ3) is 16.2. The van der Waals surface area contributed by atoms with Crippen LogP contribution >= 0.6 is 0 Å². The molecular weight excluding hydrogens is 260 g/mol. The van der Waals surface area contributed by atoms with Crippen LogP contribution in [0, 0.1) is 0 Å². The second-order valence-electron chi connectivity index (χ2n) is 1.88. The van der Waals surface area contributed by atoms with E-state index >= 15 is 0 Å². The first kappa shape index (κ1) is 21.1. The van der Waals surface area contributed by atoms with Crippen LogP contribution in [0.15, 0.2) is 0 Å². The molecular formula is C2H5NNa2O7S2. The molecule has 0 saturated carbocycles. The fraction of sp³-hybridized carbons (Fsp3) is 1.00. The van der Waals surface area contributed by atoms with Gasteiger partial charge in [-0.3, -0.25) is 0 Å². The van der Waals surface area contributed by atoms with Gasteiger partial charge in [-0.05, 0) is 0 Å². The predicted molar refractivity (Wildman–Crippen MR) is 32.8 cm³/mol. The van der Waals surface area contributed by atoms with Gasteiger partial charge in [0.2, 0.25) is 0 Å². The van der Waals surface area contributed by atoms with E-state index in [4.69, 9.17) is 5.21 Å². The van der Waals surface area contributed by atoms with Crippen molar-refractivity contribution in [3.8, 4) is 0 Å². The Hall–Kier alpha value is 1.74. The van der Waals surface area contributed by atoms with Crippen molar-refractivity contribution >= 4 is 20.2 Å². The zero-order chi connectivity index (χ0) is 9.99. The van der Waals surface area contributed by atoms with Gasteiger partial charge < -0.3 is 14.3 Å². The molecule has 0 spiro atoms. The molecule has 0 saturated heterocycles. The van der Waals surface area contributed by atoms with Gasteiger partial charge in [-0.25, -0.2) is 16.8 Å². The third-order valence-electron chi connectivity index (χ3n) is 0.614. The Bertz CT molecular complexity index is 301. The zero-order valence-electron chi connectivity index (χ0n) is 7.57. The van der Waals surface area contributed by atoms with Crippen molar-refractivity contribution in [1.82, 2.24) is 5.06 Å². The summed E-state index contributed by atoms with van der Waals surface area (Å²) in [5, 5.41) is 8.01. The van der Waals surface area contributed by atoms with E-state index in [0.717, 1.165) is 0 Å². The smallest absolute Gasteiger partial charge is 0.747 e. The van der Waals surface area contributed by atoms with Gasteiger partial charge in [0.25, 0.3) is 0 Å². The maximum atomic E-state index is 9.87. The van der Waals surface area contributed by atoms with Gasteiger partial charge in [0.15, 0.2) is 0 Å². The summed E-state index contributed by atoms with van der Waals surface area (Å²) in [6, 6.07) is 0. The van der Waals surface area contributed by atoms with Crippen molar-refractivity contribution in [2.45, 2.75) is 0 Å². The second-order valence-corrected chi connectivity index (χ2v) is 4.63.